The Hall–Kier alpha value is -1.93. The fourth-order valence-electron chi connectivity index (χ4n) is 3.33. The van der Waals surface area contributed by atoms with Crippen LogP contribution in [0.25, 0.3) is 0 Å². The molecule has 0 radical (unpaired) electrons. The van der Waals surface area contributed by atoms with Gasteiger partial charge in [-0.1, -0.05) is 32.9 Å². The monoisotopic (exact) mass is 423 g/mol. The summed E-state index contributed by atoms with van der Waals surface area (Å²) in [4.78, 5) is 24.2. The Labute approximate surface area is 174 Å². The van der Waals surface area contributed by atoms with Gasteiger partial charge in [0.15, 0.2) is 0 Å². The number of sulfonamides is 1. The van der Waals surface area contributed by atoms with Gasteiger partial charge in [0.1, 0.15) is 0 Å². The van der Waals surface area contributed by atoms with Gasteiger partial charge in [-0.2, -0.15) is 4.31 Å². The van der Waals surface area contributed by atoms with Crippen molar-refractivity contribution in [2.45, 2.75) is 57.3 Å². The molecule has 1 heterocycles. The molecule has 7 nitrogen and oxygen atoms in total. The van der Waals surface area contributed by atoms with Gasteiger partial charge < -0.3 is 10.6 Å². The van der Waals surface area contributed by atoms with E-state index in [-0.39, 0.29) is 24.2 Å². The van der Waals surface area contributed by atoms with Crippen molar-refractivity contribution in [3.63, 3.8) is 0 Å². The van der Waals surface area contributed by atoms with Gasteiger partial charge in [-0.3, -0.25) is 9.59 Å². The van der Waals surface area contributed by atoms with Crippen LogP contribution in [0.1, 0.15) is 57.9 Å². The van der Waals surface area contributed by atoms with Crippen molar-refractivity contribution in [2.24, 2.45) is 5.92 Å². The fraction of sp³-hybridized carbons (Fsp3) is 0.619. The van der Waals surface area contributed by atoms with Gasteiger partial charge in [-0.05, 0) is 42.9 Å². The molecule has 1 fully saturated rings. The third-order valence-corrected chi connectivity index (χ3v) is 7.15. The van der Waals surface area contributed by atoms with Gasteiger partial charge in [0, 0.05) is 38.5 Å². The summed E-state index contributed by atoms with van der Waals surface area (Å²) in [6.45, 7) is 7.70. The highest BCUT2D eigenvalue weighted by molar-refractivity contribution is 7.89. The SMILES string of the molecule is CCCNC(=O)CCNC(=O)C1CCN(S(=O)(=O)c2ccc(C(C)C)cc2)CC1. The molecule has 0 spiro atoms. The first-order valence-corrected chi connectivity index (χ1v) is 11.8. The van der Waals surface area contributed by atoms with E-state index < -0.39 is 10.0 Å². The summed E-state index contributed by atoms with van der Waals surface area (Å²) in [6.07, 6.45) is 2.10. The van der Waals surface area contributed by atoms with E-state index in [1.165, 1.54) is 4.31 Å². The first-order chi connectivity index (χ1) is 13.8. The third-order valence-electron chi connectivity index (χ3n) is 5.23. The lowest BCUT2D eigenvalue weighted by molar-refractivity contribution is -0.126. The van der Waals surface area contributed by atoms with Gasteiger partial charge in [-0.15, -0.1) is 0 Å². The number of carbonyl (C=O) groups excluding carboxylic acids is 2. The Morgan fingerprint density at radius 1 is 1.07 bits per heavy atom. The smallest absolute Gasteiger partial charge is 0.243 e. The van der Waals surface area contributed by atoms with Crippen LogP contribution in [0.15, 0.2) is 29.2 Å². The molecule has 2 N–H and O–H groups in total. The average molecular weight is 424 g/mol. The molecule has 2 rings (SSSR count). The maximum atomic E-state index is 12.9. The molecule has 2 amide bonds. The van der Waals surface area contributed by atoms with Crippen LogP contribution >= 0.6 is 0 Å². The Morgan fingerprint density at radius 3 is 2.24 bits per heavy atom. The molecule has 1 saturated heterocycles. The van der Waals surface area contributed by atoms with Crippen LogP contribution < -0.4 is 10.6 Å². The largest absolute Gasteiger partial charge is 0.356 e. The summed E-state index contributed by atoms with van der Waals surface area (Å²) in [5, 5.41) is 5.56. The standard InChI is InChI=1S/C21H33N3O4S/c1-4-12-22-20(25)9-13-23-21(26)18-10-14-24(15-11-18)29(27,28)19-7-5-17(6-8-19)16(2)3/h5-8,16,18H,4,9-15H2,1-3H3,(H,22,25)(H,23,26). The lowest BCUT2D eigenvalue weighted by atomic mass is 9.97. The van der Waals surface area contributed by atoms with Crippen molar-refractivity contribution >= 4 is 21.8 Å². The first kappa shape index (κ1) is 23.3. The number of benzene rings is 1. The minimum Gasteiger partial charge on any atom is -0.356 e. The second-order valence-corrected chi connectivity index (χ2v) is 9.73. The molecule has 0 saturated carbocycles. The van der Waals surface area contributed by atoms with E-state index in [2.05, 4.69) is 24.5 Å². The van der Waals surface area contributed by atoms with Crippen molar-refractivity contribution in [1.29, 1.82) is 0 Å². The molecule has 1 aliphatic rings. The number of hydrogen-bond donors (Lipinski definition) is 2. The lowest BCUT2D eigenvalue weighted by Gasteiger charge is -2.30. The van der Waals surface area contributed by atoms with Gasteiger partial charge in [0.2, 0.25) is 21.8 Å². The van der Waals surface area contributed by atoms with Gasteiger partial charge in [-0.25, -0.2) is 8.42 Å². The van der Waals surface area contributed by atoms with Crippen LogP contribution in [0.3, 0.4) is 0 Å². The Morgan fingerprint density at radius 2 is 1.69 bits per heavy atom. The molecule has 29 heavy (non-hydrogen) atoms. The topological polar surface area (TPSA) is 95.6 Å². The number of rotatable bonds is 9. The molecule has 0 atom stereocenters. The molecule has 0 aliphatic carbocycles. The van der Waals surface area contributed by atoms with E-state index in [1.54, 1.807) is 12.1 Å². The molecule has 0 aromatic heterocycles. The first-order valence-electron chi connectivity index (χ1n) is 10.4. The summed E-state index contributed by atoms with van der Waals surface area (Å²) < 4.78 is 27.2. The second-order valence-electron chi connectivity index (χ2n) is 7.79. The molecule has 0 unspecified atom stereocenters. The number of carbonyl (C=O) groups is 2. The zero-order chi connectivity index (χ0) is 21.4. The van der Waals surface area contributed by atoms with Gasteiger partial charge >= 0.3 is 0 Å². The number of amides is 2. The molecule has 0 bridgehead atoms. The number of nitrogens with one attached hydrogen (secondary N) is 2. The lowest BCUT2D eigenvalue weighted by Crippen LogP contribution is -2.43. The summed E-state index contributed by atoms with van der Waals surface area (Å²) in [7, 11) is -3.54. The Bertz CT molecular complexity index is 783. The molecular formula is C21H33N3O4S. The van der Waals surface area contributed by atoms with Crippen LogP contribution in [-0.4, -0.2) is 50.7 Å². The molecule has 8 heteroatoms. The van der Waals surface area contributed by atoms with E-state index in [4.69, 9.17) is 0 Å². The van der Waals surface area contributed by atoms with E-state index >= 15 is 0 Å². The van der Waals surface area contributed by atoms with E-state index in [1.807, 2.05) is 19.1 Å². The zero-order valence-corrected chi connectivity index (χ0v) is 18.4. The van der Waals surface area contributed by atoms with E-state index in [0.717, 1.165) is 12.0 Å². The normalized spacial score (nSPS) is 16.0. The van der Waals surface area contributed by atoms with Crippen LogP contribution in [-0.2, 0) is 19.6 Å². The van der Waals surface area contributed by atoms with E-state index in [0.29, 0.717) is 49.8 Å². The fourth-order valence-corrected chi connectivity index (χ4v) is 4.80. The van der Waals surface area contributed by atoms with Crippen molar-refractivity contribution in [2.75, 3.05) is 26.2 Å². The van der Waals surface area contributed by atoms with E-state index in [9.17, 15) is 18.0 Å². The van der Waals surface area contributed by atoms with Crippen molar-refractivity contribution in [3.05, 3.63) is 29.8 Å². The summed E-state index contributed by atoms with van der Waals surface area (Å²) in [5.74, 6) is -0.0506. The number of nitrogens with zero attached hydrogens (tertiary/aromatic N) is 1. The predicted molar refractivity (Wildman–Crippen MR) is 113 cm³/mol. The van der Waals surface area contributed by atoms with Crippen molar-refractivity contribution in [1.82, 2.24) is 14.9 Å². The number of hydrogen-bond acceptors (Lipinski definition) is 4. The van der Waals surface area contributed by atoms with Gasteiger partial charge in [0.25, 0.3) is 0 Å². The molecule has 1 aromatic rings. The molecule has 162 valence electrons. The molecule has 1 aromatic carbocycles. The molecular weight excluding hydrogens is 390 g/mol. The maximum absolute atomic E-state index is 12.9. The summed E-state index contributed by atoms with van der Waals surface area (Å²) in [6, 6.07) is 7.03. The average Bonchev–Trinajstić information content (AvgIpc) is 2.72. The van der Waals surface area contributed by atoms with Crippen LogP contribution in [0.5, 0.6) is 0 Å². The van der Waals surface area contributed by atoms with Crippen LogP contribution in [0, 0.1) is 5.92 Å². The summed E-state index contributed by atoms with van der Waals surface area (Å²) in [5.41, 5.74) is 1.10. The van der Waals surface area contributed by atoms with Crippen LogP contribution in [0.4, 0.5) is 0 Å². The Kier molecular flexibility index (Phi) is 8.64. The highest BCUT2D eigenvalue weighted by atomic mass is 32.2. The molecule has 1 aliphatic heterocycles. The Balaban J connectivity index is 1.83. The number of piperidine rings is 1. The highest BCUT2D eigenvalue weighted by Gasteiger charge is 2.32. The van der Waals surface area contributed by atoms with Crippen molar-refractivity contribution in [3.8, 4) is 0 Å². The quantitative estimate of drug-likeness (QED) is 0.637. The third kappa shape index (κ3) is 6.54. The highest BCUT2D eigenvalue weighted by Crippen LogP contribution is 2.25. The minimum absolute atomic E-state index is 0.0726. The van der Waals surface area contributed by atoms with Gasteiger partial charge in [0.05, 0.1) is 4.90 Å². The minimum atomic E-state index is -3.54. The zero-order valence-electron chi connectivity index (χ0n) is 17.6. The van der Waals surface area contributed by atoms with Crippen LogP contribution in [0.2, 0.25) is 0 Å². The summed E-state index contributed by atoms with van der Waals surface area (Å²) >= 11 is 0. The second kappa shape index (κ2) is 10.7. The van der Waals surface area contributed by atoms with Crippen molar-refractivity contribution < 1.29 is 18.0 Å². The predicted octanol–water partition coefficient (Wildman–Crippen LogP) is 2.24. The maximum Gasteiger partial charge on any atom is 0.243 e.